The maximum atomic E-state index is 4.32. The van der Waals surface area contributed by atoms with Crippen molar-refractivity contribution in [2.24, 2.45) is 10.3 Å². The summed E-state index contributed by atoms with van der Waals surface area (Å²) in [4.78, 5) is 0. The quantitative estimate of drug-likeness (QED) is 0.516. The van der Waals surface area contributed by atoms with Crippen molar-refractivity contribution in [3.05, 3.63) is 34.4 Å². The molecule has 0 N–H and O–H groups in total. The van der Waals surface area contributed by atoms with Gasteiger partial charge in [0.15, 0.2) is 0 Å². The van der Waals surface area contributed by atoms with Crippen LogP contribution in [0, 0.1) is 0 Å². The molecule has 0 radical (unpaired) electrons. The van der Waals surface area contributed by atoms with Gasteiger partial charge >= 0.3 is 0 Å². The van der Waals surface area contributed by atoms with Crippen LogP contribution >= 0.6 is 15.9 Å². The van der Waals surface area contributed by atoms with Gasteiger partial charge in [0.25, 0.3) is 0 Å². The Bertz CT molecular complexity index is 414. The van der Waals surface area contributed by atoms with Gasteiger partial charge in [0.1, 0.15) is 0 Å². The molecule has 0 amide bonds. The summed E-state index contributed by atoms with van der Waals surface area (Å²) in [6.45, 7) is 10.9. The van der Waals surface area contributed by atoms with Gasteiger partial charge in [-0.05, 0) is 37.2 Å². The Morgan fingerprint density at radius 1 is 1.19 bits per heavy atom. The molecule has 1 rings (SSSR count). The van der Waals surface area contributed by atoms with Crippen molar-refractivity contribution in [2.75, 3.05) is 20.6 Å². The first-order chi connectivity index (χ1) is 9.80. The Morgan fingerprint density at radius 3 is 2.33 bits per heavy atom. The lowest BCUT2D eigenvalue weighted by Gasteiger charge is -2.36. The molecule has 5 heteroatoms. The maximum Gasteiger partial charge on any atom is 0.0871 e. The second kappa shape index (κ2) is 9.90. The normalized spacial score (nSPS) is 15.3. The maximum absolute atomic E-state index is 4.32. The molecule has 0 spiro atoms. The summed E-state index contributed by atoms with van der Waals surface area (Å²) in [6.07, 6.45) is 9.30. The Hall–Kier alpha value is -0.940. The Balaban J connectivity index is 0.00000191. The number of rotatable bonds is 4. The van der Waals surface area contributed by atoms with Crippen molar-refractivity contribution >= 4 is 15.9 Å². The van der Waals surface area contributed by atoms with Gasteiger partial charge in [0, 0.05) is 14.1 Å². The summed E-state index contributed by atoms with van der Waals surface area (Å²) in [7, 11) is 3.93. The molecule has 1 aliphatic rings. The van der Waals surface area contributed by atoms with E-state index in [0.29, 0.717) is 6.54 Å². The summed E-state index contributed by atoms with van der Waals surface area (Å²) in [5.74, 6) is 0. The van der Waals surface area contributed by atoms with Gasteiger partial charge < -0.3 is 0 Å². The van der Waals surface area contributed by atoms with Crippen molar-refractivity contribution < 1.29 is 0 Å². The zero-order valence-corrected chi connectivity index (χ0v) is 16.0. The largest absolute Gasteiger partial charge is 0.209 e. The van der Waals surface area contributed by atoms with Crippen LogP contribution in [0.3, 0.4) is 0 Å². The zero-order valence-electron chi connectivity index (χ0n) is 14.4. The van der Waals surface area contributed by atoms with Crippen molar-refractivity contribution in [2.45, 2.75) is 46.6 Å². The standard InChI is InChI=1S/C14H23BrN4.C2H6/c1-14(2,3)19(18(4)5)17-16-11-12-7-6-8-13(15)10-9-12;1-2/h6-7,9-10H,8,11H2,1-5H3;1-2H3. The van der Waals surface area contributed by atoms with E-state index in [1.165, 1.54) is 4.48 Å². The lowest BCUT2D eigenvalue weighted by Crippen LogP contribution is -2.45. The summed E-state index contributed by atoms with van der Waals surface area (Å²) in [5, 5.41) is 12.4. The summed E-state index contributed by atoms with van der Waals surface area (Å²) < 4.78 is 1.18. The van der Waals surface area contributed by atoms with Crippen LogP contribution in [0.1, 0.15) is 41.0 Å². The van der Waals surface area contributed by atoms with Gasteiger partial charge in [-0.3, -0.25) is 0 Å². The van der Waals surface area contributed by atoms with Gasteiger partial charge in [-0.2, -0.15) is 5.11 Å². The third-order valence-electron chi connectivity index (χ3n) is 2.50. The molecule has 0 saturated heterocycles. The summed E-state index contributed by atoms with van der Waals surface area (Å²) in [5.41, 5.74) is 1.08. The van der Waals surface area contributed by atoms with E-state index in [0.717, 1.165) is 12.0 Å². The third kappa shape index (κ3) is 8.17. The van der Waals surface area contributed by atoms with Gasteiger partial charge in [-0.15, -0.1) is 0 Å². The van der Waals surface area contributed by atoms with E-state index in [4.69, 9.17) is 0 Å². The highest BCUT2D eigenvalue weighted by molar-refractivity contribution is 9.11. The van der Waals surface area contributed by atoms with E-state index < -0.39 is 0 Å². The van der Waals surface area contributed by atoms with Crippen LogP contribution in [0.4, 0.5) is 0 Å². The monoisotopic (exact) mass is 356 g/mol. The minimum atomic E-state index is -0.0798. The molecule has 0 aromatic rings. The van der Waals surface area contributed by atoms with Crippen molar-refractivity contribution in [1.82, 2.24) is 10.1 Å². The molecule has 1 aliphatic carbocycles. The van der Waals surface area contributed by atoms with E-state index in [2.05, 4.69) is 71.3 Å². The molecule has 120 valence electrons. The Morgan fingerprint density at radius 2 is 1.81 bits per heavy atom. The third-order valence-corrected chi connectivity index (χ3v) is 3.09. The van der Waals surface area contributed by atoms with Crippen molar-refractivity contribution in [3.63, 3.8) is 0 Å². The van der Waals surface area contributed by atoms with Crippen LogP contribution in [0.2, 0.25) is 0 Å². The molecule has 0 aromatic carbocycles. The molecule has 0 heterocycles. The van der Waals surface area contributed by atoms with Crippen LogP contribution in [-0.4, -0.2) is 36.3 Å². The number of allylic oxidation sites excluding steroid dienone is 4. The molecule has 4 nitrogen and oxygen atoms in total. The highest BCUT2D eigenvalue weighted by Crippen LogP contribution is 2.18. The van der Waals surface area contributed by atoms with E-state index in [1.54, 1.807) is 0 Å². The summed E-state index contributed by atoms with van der Waals surface area (Å²) >= 11 is 3.50. The molecular weight excluding hydrogens is 328 g/mol. The number of nitrogens with zero attached hydrogens (tertiary/aromatic N) is 4. The fourth-order valence-electron chi connectivity index (χ4n) is 1.74. The van der Waals surface area contributed by atoms with Crippen molar-refractivity contribution in [1.29, 1.82) is 0 Å². The van der Waals surface area contributed by atoms with Gasteiger partial charge in [-0.25, -0.2) is 10.1 Å². The number of halogens is 1. The van der Waals surface area contributed by atoms with E-state index >= 15 is 0 Å². The van der Waals surface area contributed by atoms with Crippen LogP contribution in [0.5, 0.6) is 0 Å². The Labute approximate surface area is 138 Å². The van der Waals surface area contributed by atoms with Crippen LogP contribution in [-0.2, 0) is 0 Å². The second-order valence-electron chi connectivity index (χ2n) is 5.66. The van der Waals surface area contributed by atoms with E-state index in [-0.39, 0.29) is 5.54 Å². The van der Waals surface area contributed by atoms with E-state index in [9.17, 15) is 0 Å². The minimum Gasteiger partial charge on any atom is -0.209 e. The molecule has 21 heavy (non-hydrogen) atoms. The fourth-order valence-corrected chi connectivity index (χ4v) is 2.06. The van der Waals surface area contributed by atoms with Gasteiger partial charge in [-0.1, -0.05) is 59.3 Å². The smallest absolute Gasteiger partial charge is 0.0871 e. The molecule has 0 aromatic heterocycles. The molecule has 0 aliphatic heterocycles. The first-order valence-electron chi connectivity index (χ1n) is 7.37. The highest BCUT2D eigenvalue weighted by atomic mass is 79.9. The molecule has 0 fully saturated rings. The molecule has 0 saturated carbocycles. The topological polar surface area (TPSA) is 31.2 Å². The first-order valence-corrected chi connectivity index (χ1v) is 8.16. The molecule has 0 bridgehead atoms. The number of hydrogen-bond donors (Lipinski definition) is 0. The minimum absolute atomic E-state index is 0.0798. The first kappa shape index (κ1) is 20.1. The highest BCUT2D eigenvalue weighted by Gasteiger charge is 2.21. The van der Waals surface area contributed by atoms with Gasteiger partial charge in [0.2, 0.25) is 0 Å². The van der Waals surface area contributed by atoms with E-state index in [1.807, 2.05) is 38.1 Å². The Kier molecular flexibility index (Phi) is 9.46. The second-order valence-corrected chi connectivity index (χ2v) is 6.68. The summed E-state index contributed by atoms with van der Waals surface area (Å²) in [6, 6.07) is 0. The lowest BCUT2D eigenvalue weighted by molar-refractivity contribution is -0.0604. The SMILES string of the molecule is CC.CN(C)N(N=NCC1=CC=C(Br)CC=C1)C(C)(C)C. The predicted octanol–water partition coefficient (Wildman–Crippen LogP) is 5.12. The zero-order chi connectivity index (χ0) is 16.5. The molecule has 0 unspecified atom stereocenters. The predicted molar refractivity (Wildman–Crippen MR) is 95.2 cm³/mol. The van der Waals surface area contributed by atoms with Crippen LogP contribution in [0.25, 0.3) is 0 Å². The average molecular weight is 357 g/mol. The van der Waals surface area contributed by atoms with Crippen LogP contribution in [0.15, 0.2) is 44.7 Å². The molecular formula is C16H29BrN4. The average Bonchev–Trinajstić information content (AvgIpc) is 2.60. The van der Waals surface area contributed by atoms with Gasteiger partial charge in [0.05, 0.1) is 12.1 Å². The number of hydrogen-bond acceptors (Lipinski definition) is 3. The molecule has 0 atom stereocenters. The van der Waals surface area contributed by atoms with Crippen LogP contribution < -0.4 is 0 Å². The van der Waals surface area contributed by atoms with Crippen molar-refractivity contribution in [3.8, 4) is 0 Å². The number of hydrazine groups is 1. The lowest BCUT2D eigenvalue weighted by atomic mass is 10.1. The fraction of sp³-hybridized carbons (Fsp3) is 0.625.